The summed E-state index contributed by atoms with van der Waals surface area (Å²) < 4.78 is 0. The molecule has 0 aliphatic carbocycles. The molecule has 0 saturated carbocycles. The average Bonchev–Trinajstić information content (AvgIpc) is 2.84. The number of fused-ring (bicyclic) bond motifs is 2. The summed E-state index contributed by atoms with van der Waals surface area (Å²) in [6.07, 6.45) is 6.09. The van der Waals surface area contributed by atoms with Crippen molar-refractivity contribution in [3.63, 3.8) is 0 Å². The molecule has 21 heavy (non-hydrogen) atoms. The second-order valence-electron chi connectivity index (χ2n) is 6.71. The zero-order valence-corrected chi connectivity index (χ0v) is 12.7. The minimum atomic E-state index is 0.386. The second-order valence-corrected chi connectivity index (χ2v) is 6.71. The van der Waals surface area contributed by atoms with Crippen molar-refractivity contribution < 1.29 is 0 Å². The van der Waals surface area contributed by atoms with Crippen molar-refractivity contribution in [3.05, 3.63) is 53.7 Å². The van der Waals surface area contributed by atoms with Gasteiger partial charge < -0.3 is 4.90 Å². The van der Waals surface area contributed by atoms with Gasteiger partial charge >= 0.3 is 0 Å². The summed E-state index contributed by atoms with van der Waals surface area (Å²) in [5.74, 6) is 0. The van der Waals surface area contributed by atoms with Crippen LogP contribution in [0.2, 0.25) is 0 Å². The maximum atomic E-state index is 4.75. The van der Waals surface area contributed by atoms with Crippen molar-refractivity contribution >= 4 is 0 Å². The largest absolute Gasteiger partial charge is 0.302 e. The lowest BCUT2D eigenvalue weighted by molar-refractivity contribution is 0.243. The van der Waals surface area contributed by atoms with Crippen LogP contribution in [0.15, 0.2) is 42.6 Å². The first kappa shape index (κ1) is 13.0. The molecule has 2 nitrogen and oxygen atoms in total. The third-order valence-corrected chi connectivity index (χ3v) is 5.29. The summed E-state index contributed by atoms with van der Waals surface area (Å²) in [5.41, 5.74) is 5.42. The van der Waals surface area contributed by atoms with Gasteiger partial charge in [-0.15, -0.1) is 0 Å². The van der Waals surface area contributed by atoms with Crippen LogP contribution in [-0.4, -0.2) is 29.5 Å². The highest BCUT2D eigenvalue weighted by Gasteiger charge is 2.42. The Morgan fingerprint density at radius 1 is 1.00 bits per heavy atom. The monoisotopic (exact) mass is 278 g/mol. The fourth-order valence-corrected chi connectivity index (χ4v) is 3.98. The quantitative estimate of drug-likeness (QED) is 0.831. The molecule has 0 amide bonds. The molecule has 2 aromatic rings. The Morgan fingerprint density at radius 3 is 2.62 bits per heavy atom. The van der Waals surface area contributed by atoms with E-state index >= 15 is 0 Å². The molecule has 3 heterocycles. The van der Waals surface area contributed by atoms with Crippen LogP contribution >= 0.6 is 0 Å². The lowest BCUT2D eigenvalue weighted by Crippen LogP contribution is -2.36. The van der Waals surface area contributed by atoms with Crippen LogP contribution in [0.3, 0.4) is 0 Å². The molecule has 2 fully saturated rings. The predicted molar refractivity (Wildman–Crippen MR) is 86.4 cm³/mol. The van der Waals surface area contributed by atoms with Gasteiger partial charge in [-0.3, -0.25) is 4.98 Å². The fraction of sp³-hybridized carbons (Fsp3) is 0.421. The summed E-state index contributed by atoms with van der Waals surface area (Å²) in [6, 6.07) is 13.1. The first-order valence-electron chi connectivity index (χ1n) is 8.01. The van der Waals surface area contributed by atoms with E-state index in [2.05, 4.69) is 54.4 Å². The van der Waals surface area contributed by atoms with Crippen LogP contribution in [-0.2, 0) is 5.41 Å². The van der Waals surface area contributed by atoms with E-state index in [-0.39, 0.29) is 0 Å². The van der Waals surface area contributed by atoms with Crippen molar-refractivity contribution in [2.24, 2.45) is 0 Å². The number of hydrogen-bond acceptors (Lipinski definition) is 2. The molecule has 0 N–H and O–H groups in total. The molecule has 2 bridgehead atoms. The average molecular weight is 278 g/mol. The molecule has 2 unspecified atom stereocenters. The van der Waals surface area contributed by atoms with E-state index in [9.17, 15) is 0 Å². The highest BCUT2D eigenvalue weighted by atomic mass is 15.2. The van der Waals surface area contributed by atoms with E-state index in [1.165, 1.54) is 55.6 Å². The molecule has 1 aromatic heterocycles. The van der Waals surface area contributed by atoms with E-state index in [0.29, 0.717) is 5.41 Å². The SMILES string of the molecule is Cc1ccc(-c2ccc(C34CCCN(CC3)C4)cn2)cc1. The number of hydrogen-bond donors (Lipinski definition) is 0. The Labute approximate surface area is 126 Å². The number of rotatable bonds is 2. The summed E-state index contributed by atoms with van der Waals surface area (Å²) in [4.78, 5) is 7.36. The second kappa shape index (κ2) is 4.96. The molecule has 0 spiro atoms. The Bertz CT molecular complexity index is 626. The van der Waals surface area contributed by atoms with Gasteiger partial charge in [0, 0.05) is 23.7 Å². The van der Waals surface area contributed by atoms with Crippen molar-refractivity contribution in [2.75, 3.05) is 19.6 Å². The molecule has 2 saturated heterocycles. The van der Waals surface area contributed by atoms with Gasteiger partial charge in [0.1, 0.15) is 0 Å². The van der Waals surface area contributed by atoms with Crippen LogP contribution in [0.5, 0.6) is 0 Å². The van der Waals surface area contributed by atoms with Crippen molar-refractivity contribution in [1.29, 1.82) is 0 Å². The van der Waals surface area contributed by atoms with Crippen LogP contribution in [0.1, 0.15) is 30.4 Å². The van der Waals surface area contributed by atoms with Crippen molar-refractivity contribution in [2.45, 2.75) is 31.6 Å². The van der Waals surface area contributed by atoms with E-state index < -0.39 is 0 Å². The van der Waals surface area contributed by atoms with Gasteiger partial charge in [-0.1, -0.05) is 35.9 Å². The van der Waals surface area contributed by atoms with E-state index in [4.69, 9.17) is 4.98 Å². The summed E-state index contributed by atoms with van der Waals surface area (Å²) in [7, 11) is 0. The number of nitrogens with zero attached hydrogens (tertiary/aromatic N) is 2. The molecule has 2 heteroatoms. The minimum Gasteiger partial charge on any atom is -0.302 e. The number of aryl methyl sites for hydroxylation is 1. The first-order chi connectivity index (χ1) is 10.3. The molecule has 0 radical (unpaired) electrons. The van der Waals surface area contributed by atoms with E-state index in [1.807, 2.05) is 0 Å². The van der Waals surface area contributed by atoms with Gasteiger partial charge in [-0.05, 0) is 50.9 Å². The van der Waals surface area contributed by atoms with Gasteiger partial charge in [0.25, 0.3) is 0 Å². The molecular weight excluding hydrogens is 256 g/mol. The summed E-state index contributed by atoms with van der Waals surface area (Å²) in [5, 5.41) is 0. The van der Waals surface area contributed by atoms with Crippen molar-refractivity contribution in [3.8, 4) is 11.3 Å². The van der Waals surface area contributed by atoms with Crippen LogP contribution < -0.4 is 0 Å². The highest BCUT2D eigenvalue weighted by molar-refractivity contribution is 5.59. The molecular formula is C19H22N2. The van der Waals surface area contributed by atoms with Crippen molar-refractivity contribution in [1.82, 2.24) is 9.88 Å². The highest BCUT2D eigenvalue weighted by Crippen LogP contribution is 2.42. The lowest BCUT2D eigenvalue weighted by atomic mass is 9.75. The molecule has 2 aliphatic rings. The molecule has 2 atom stereocenters. The van der Waals surface area contributed by atoms with Gasteiger partial charge in [0.15, 0.2) is 0 Å². The number of benzene rings is 1. The number of aromatic nitrogens is 1. The Balaban J connectivity index is 1.63. The maximum absolute atomic E-state index is 4.75. The third-order valence-electron chi connectivity index (χ3n) is 5.29. The van der Waals surface area contributed by atoms with Gasteiger partial charge in [-0.2, -0.15) is 0 Å². The molecule has 2 aliphatic heterocycles. The maximum Gasteiger partial charge on any atom is 0.0702 e. The topological polar surface area (TPSA) is 16.1 Å². The zero-order chi connectivity index (χ0) is 14.3. The Hall–Kier alpha value is -1.67. The predicted octanol–water partition coefficient (Wildman–Crippen LogP) is 3.79. The molecule has 108 valence electrons. The fourth-order valence-electron chi connectivity index (χ4n) is 3.98. The zero-order valence-electron chi connectivity index (χ0n) is 12.7. The normalized spacial score (nSPS) is 27.8. The molecule has 4 rings (SSSR count). The smallest absolute Gasteiger partial charge is 0.0702 e. The molecule has 1 aromatic carbocycles. The standard InChI is InChI=1S/C19H22N2/c1-15-3-5-16(6-4-15)18-8-7-17(13-20-18)19-9-2-11-21(14-19)12-10-19/h3-8,13H,2,9-12,14H2,1H3. The minimum absolute atomic E-state index is 0.386. The lowest BCUT2D eigenvalue weighted by Gasteiger charge is -2.34. The van der Waals surface area contributed by atoms with Crippen LogP contribution in [0, 0.1) is 6.92 Å². The Morgan fingerprint density at radius 2 is 1.86 bits per heavy atom. The Kier molecular flexibility index (Phi) is 3.07. The summed E-state index contributed by atoms with van der Waals surface area (Å²) >= 11 is 0. The van der Waals surface area contributed by atoms with Crippen LogP contribution in [0.25, 0.3) is 11.3 Å². The van der Waals surface area contributed by atoms with Gasteiger partial charge in [0.05, 0.1) is 5.69 Å². The van der Waals surface area contributed by atoms with Gasteiger partial charge in [0.2, 0.25) is 0 Å². The van der Waals surface area contributed by atoms with E-state index in [0.717, 1.165) is 5.69 Å². The third kappa shape index (κ3) is 2.28. The summed E-state index contributed by atoms with van der Waals surface area (Å²) in [6.45, 7) is 5.91. The first-order valence-corrected chi connectivity index (χ1v) is 8.01. The number of pyridine rings is 1. The van der Waals surface area contributed by atoms with Crippen LogP contribution in [0.4, 0.5) is 0 Å². The van der Waals surface area contributed by atoms with E-state index in [1.54, 1.807) is 0 Å². The van der Waals surface area contributed by atoms with Gasteiger partial charge in [-0.25, -0.2) is 0 Å². The number of piperidine rings is 1.